The van der Waals surface area contributed by atoms with Crippen molar-refractivity contribution in [1.82, 2.24) is 9.88 Å². The Morgan fingerprint density at radius 2 is 1.84 bits per heavy atom. The molecule has 3 aromatic rings. The molecule has 4 nitrogen and oxygen atoms in total. The van der Waals surface area contributed by atoms with Crippen molar-refractivity contribution in [3.05, 3.63) is 82.7 Å². The van der Waals surface area contributed by atoms with Gasteiger partial charge in [-0.2, -0.15) is 0 Å². The van der Waals surface area contributed by atoms with Gasteiger partial charge in [0.1, 0.15) is 5.75 Å². The molecule has 1 aliphatic rings. The maximum Gasteiger partial charge on any atom is 0.251 e. The molecule has 0 saturated heterocycles. The van der Waals surface area contributed by atoms with Gasteiger partial charge in [0, 0.05) is 29.2 Å². The van der Waals surface area contributed by atoms with Crippen LogP contribution in [-0.4, -0.2) is 16.6 Å². The van der Waals surface area contributed by atoms with Crippen LogP contribution < -0.4 is 10.1 Å². The summed E-state index contributed by atoms with van der Waals surface area (Å²) >= 11 is 0. The summed E-state index contributed by atoms with van der Waals surface area (Å²) in [6, 6.07) is 18.1. The highest BCUT2D eigenvalue weighted by Crippen LogP contribution is 2.30. The number of carbonyl (C=O) groups is 1. The molecule has 1 atom stereocenters. The summed E-state index contributed by atoms with van der Waals surface area (Å²) in [5.74, 6) is 1.54. The molecule has 2 aromatic carbocycles. The fourth-order valence-electron chi connectivity index (χ4n) is 4.43. The average molecular weight is 417 g/mol. The van der Waals surface area contributed by atoms with Crippen molar-refractivity contribution < 1.29 is 9.53 Å². The molecule has 4 heteroatoms. The molecule has 0 radical (unpaired) electrons. The Bertz CT molecular complexity index is 1050. The fourth-order valence-corrected chi connectivity index (χ4v) is 4.43. The van der Waals surface area contributed by atoms with Crippen molar-refractivity contribution in [2.24, 2.45) is 5.92 Å². The number of aromatic nitrogens is 1. The number of nitrogens with zero attached hydrogens (tertiary/aromatic N) is 1. The molecule has 0 bridgehead atoms. The van der Waals surface area contributed by atoms with Gasteiger partial charge in [0.25, 0.3) is 5.91 Å². The highest BCUT2D eigenvalue weighted by atomic mass is 16.5. The van der Waals surface area contributed by atoms with E-state index in [2.05, 4.69) is 41.9 Å². The fraction of sp³-hybridized carbons (Fsp3) is 0.370. The molecular weight excluding hydrogens is 384 g/mol. The second-order valence-electron chi connectivity index (χ2n) is 8.98. The normalized spacial score (nSPS) is 15.6. The number of rotatable bonds is 6. The number of amides is 1. The molecule has 1 aliphatic carbocycles. The van der Waals surface area contributed by atoms with E-state index in [0.29, 0.717) is 12.1 Å². The number of nitrogens with one attached hydrogen (secondary N) is 1. The van der Waals surface area contributed by atoms with Crippen molar-refractivity contribution in [2.75, 3.05) is 0 Å². The number of hydrogen-bond donors (Lipinski definition) is 1. The van der Waals surface area contributed by atoms with E-state index in [1.165, 1.54) is 23.4 Å². The zero-order valence-electron chi connectivity index (χ0n) is 18.9. The molecule has 0 unspecified atom stereocenters. The average Bonchev–Trinajstić information content (AvgIpc) is 3.07. The van der Waals surface area contributed by atoms with Crippen LogP contribution in [0.2, 0.25) is 0 Å². The molecule has 0 fully saturated rings. The molecule has 1 amide bonds. The first-order valence-electron chi connectivity index (χ1n) is 11.2. The van der Waals surface area contributed by atoms with Crippen molar-refractivity contribution in [3.63, 3.8) is 0 Å². The second-order valence-corrected chi connectivity index (χ2v) is 8.98. The number of ether oxygens (including phenoxy) is 1. The summed E-state index contributed by atoms with van der Waals surface area (Å²) in [7, 11) is 0. The predicted octanol–water partition coefficient (Wildman–Crippen LogP) is 5.63. The molecule has 1 aromatic heterocycles. The lowest BCUT2D eigenvalue weighted by molar-refractivity contribution is 0.0951. The number of aryl methyl sites for hydroxylation is 1. The lowest BCUT2D eigenvalue weighted by atomic mass is 9.89. The molecule has 0 saturated carbocycles. The van der Waals surface area contributed by atoms with Gasteiger partial charge in [-0.25, -0.2) is 0 Å². The molecule has 1 heterocycles. The summed E-state index contributed by atoms with van der Waals surface area (Å²) in [5.41, 5.74) is 7.02. The van der Waals surface area contributed by atoms with Crippen LogP contribution in [0.15, 0.2) is 54.6 Å². The van der Waals surface area contributed by atoms with Crippen LogP contribution in [0.4, 0.5) is 0 Å². The van der Waals surface area contributed by atoms with Gasteiger partial charge in [0.2, 0.25) is 0 Å². The number of benzene rings is 2. The number of fused-ring (bicyclic) bond motifs is 1. The van der Waals surface area contributed by atoms with Gasteiger partial charge < -0.3 is 14.6 Å². The van der Waals surface area contributed by atoms with Gasteiger partial charge in [-0.1, -0.05) is 19.1 Å². The zero-order chi connectivity index (χ0) is 22.0. The van der Waals surface area contributed by atoms with E-state index in [4.69, 9.17) is 4.74 Å². The monoisotopic (exact) mass is 416 g/mol. The van der Waals surface area contributed by atoms with Crippen LogP contribution in [0.1, 0.15) is 60.1 Å². The molecule has 0 aliphatic heterocycles. The van der Waals surface area contributed by atoms with E-state index >= 15 is 0 Å². The van der Waals surface area contributed by atoms with Crippen LogP contribution >= 0.6 is 0 Å². The van der Waals surface area contributed by atoms with Gasteiger partial charge in [0.05, 0.1) is 6.10 Å². The second kappa shape index (κ2) is 9.01. The van der Waals surface area contributed by atoms with Crippen LogP contribution in [0, 0.1) is 12.8 Å². The summed E-state index contributed by atoms with van der Waals surface area (Å²) in [6.45, 7) is 9.00. The quantitative estimate of drug-likeness (QED) is 0.566. The minimum Gasteiger partial charge on any atom is -0.491 e. The van der Waals surface area contributed by atoms with Crippen molar-refractivity contribution >= 4 is 5.91 Å². The standard InChI is InChI=1S/C27H32N2O2/c1-18(2)31-25-12-6-21(7-13-25)17-28-27(30)22-8-10-24(11-9-22)29-20(4)16-23-15-19(3)5-14-26(23)29/h6-13,16,18-19H,5,14-15,17H2,1-4H3,(H,28,30)/t19-/m0/s1. The minimum atomic E-state index is -0.0610. The molecule has 162 valence electrons. The topological polar surface area (TPSA) is 43.3 Å². The Morgan fingerprint density at radius 3 is 2.52 bits per heavy atom. The first-order chi connectivity index (χ1) is 14.9. The Labute approximate surface area is 185 Å². The summed E-state index contributed by atoms with van der Waals surface area (Å²) in [5, 5.41) is 3.01. The van der Waals surface area contributed by atoms with E-state index in [-0.39, 0.29) is 12.0 Å². The van der Waals surface area contributed by atoms with Crippen molar-refractivity contribution in [3.8, 4) is 11.4 Å². The third-order valence-electron chi connectivity index (χ3n) is 5.95. The summed E-state index contributed by atoms with van der Waals surface area (Å²) in [4.78, 5) is 12.6. The Balaban J connectivity index is 1.41. The van der Waals surface area contributed by atoms with Gasteiger partial charge >= 0.3 is 0 Å². The summed E-state index contributed by atoms with van der Waals surface area (Å²) < 4.78 is 8.02. The molecular formula is C27H32N2O2. The van der Waals surface area contributed by atoms with Crippen LogP contribution in [0.25, 0.3) is 5.69 Å². The Morgan fingerprint density at radius 1 is 1.13 bits per heavy atom. The van der Waals surface area contributed by atoms with E-state index in [0.717, 1.165) is 35.8 Å². The van der Waals surface area contributed by atoms with E-state index < -0.39 is 0 Å². The Kier molecular flexibility index (Phi) is 6.17. The minimum absolute atomic E-state index is 0.0610. The Hall–Kier alpha value is -3.01. The third kappa shape index (κ3) is 4.84. The number of carbonyl (C=O) groups excluding carboxylic acids is 1. The lowest BCUT2D eigenvalue weighted by Gasteiger charge is -2.21. The molecule has 0 spiro atoms. The van der Waals surface area contributed by atoms with Crippen molar-refractivity contribution in [2.45, 2.75) is 59.6 Å². The largest absolute Gasteiger partial charge is 0.491 e. The maximum absolute atomic E-state index is 12.6. The van der Waals surface area contributed by atoms with Crippen molar-refractivity contribution in [1.29, 1.82) is 0 Å². The van der Waals surface area contributed by atoms with Gasteiger partial charge in [-0.05, 0) is 99.5 Å². The van der Waals surface area contributed by atoms with Gasteiger partial charge in [0.15, 0.2) is 0 Å². The molecule has 31 heavy (non-hydrogen) atoms. The van der Waals surface area contributed by atoms with E-state index in [9.17, 15) is 4.79 Å². The predicted molar refractivity (Wildman–Crippen MR) is 125 cm³/mol. The zero-order valence-corrected chi connectivity index (χ0v) is 18.9. The van der Waals surface area contributed by atoms with Crippen LogP contribution in [0.3, 0.4) is 0 Å². The van der Waals surface area contributed by atoms with Crippen LogP contribution in [0.5, 0.6) is 5.75 Å². The van der Waals surface area contributed by atoms with Crippen LogP contribution in [-0.2, 0) is 19.4 Å². The van der Waals surface area contributed by atoms with E-state index in [1.807, 2.05) is 50.2 Å². The highest BCUT2D eigenvalue weighted by Gasteiger charge is 2.21. The number of hydrogen-bond acceptors (Lipinski definition) is 2. The smallest absolute Gasteiger partial charge is 0.251 e. The third-order valence-corrected chi connectivity index (χ3v) is 5.95. The van der Waals surface area contributed by atoms with Gasteiger partial charge in [-0.15, -0.1) is 0 Å². The SMILES string of the molecule is Cc1cc2c(n1-c1ccc(C(=O)NCc3ccc(OC(C)C)cc3)cc1)CC[C@H](C)C2. The highest BCUT2D eigenvalue weighted by molar-refractivity contribution is 5.94. The first kappa shape index (κ1) is 21.2. The summed E-state index contributed by atoms with van der Waals surface area (Å²) in [6.07, 6.45) is 3.67. The molecule has 4 rings (SSSR count). The van der Waals surface area contributed by atoms with E-state index in [1.54, 1.807) is 0 Å². The maximum atomic E-state index is 12.6. The first-order valence-corrected chi connectivity index (χ1v) is 11.2. The lowest BCUT2D eigenvalue weighted by Crippen LogP contribution is -2.22. The molecule has 1 N–H and O–H groups in total. The van der Waals surface area contributed by atoms with Gasteiger partial charge in [-0.3, -0.25) is 4.79 Å².